The third-order valence-corrected chi connectivity index (χ3v) is 4.36. The molecule has 3 rings (SSSR count). The molecular formula is C17H26N2O. The molecule has 0 spiro atoms. The van der Waals surface area contributed by atoms with Crippen LogP contribution in [0.15, 0.2) is 18.2 Å². The molecule has 20 heavy (non-hydrogen) atoms. The quantitative estimate of drug-likeness (QED) is 0.834. The van der Waals surface area contributed by atoms with Crippen molar-refractivity contribution in [2.75, 3.05) is 38.1 Å². The van der Waals surface area contributed by atoms with Crippen molar-refractivity contribution in [1.29, 1.82) is 0 Å². The largest absolute Gasteiger partial charge is 0.491 e. The van der Waals surface area contributed by atoms with Gasteiger partial charge in [-0.05, 0) is 56.8 Å². The summed E-state index contributed by atoms with van der Waals surface area (Å²) in [6.07, 6.45) is 7.69. The van der Waals surface area contributed by atoms with Gasteiger partial charge in [0.25, 0.3) is 0 Å². The molecule has 0 aliphatic carbocycles. The van der Waals surface area contributed by atoms with Crippen molar-refractivity contribution in [2.45, 2.75) is 38.5 Å². The maximum Gasteiger partial charge on any atom is 0.142 e. The van der Waals surface area contributed by atoms with Crippen LogP contribution < -0.4 is 10.1 Å². The molecule has 110 valence electrons. The lowest BCUT2D eigenvalue weighted by atomic mass is 10.0. The number of para-hydroxylation sites is 1. The fourth-order valence-corrected chi connectivity index (χ4v) is 3.25. The van der Waals surface area contributed by atoms with Gasteiger partial charge in [0, 0.05) is 13.1 Å². The van der Waals surface area contributed by atoms with Crippen molar-refractivity contribution >= 4 is 5.69 Å². The predicted octanol–water partition coefficient (Wildman–Crippen LogP) is 3.30. The third-order valence-electron chi connectivity index (χ3n) is 4.36. The Hall–Kier alpha value is -1.22. The Balaban J connectivity index is 1.46. The summed E-state index contributed by atoms with van der Waals surface area (Å²) in [5.74, 6) is 1.04. The van der Waals surface area contributed by atoms with Gasteiger partial charge in [-0.1, -0.05) is 18.6 Å². The zero-order chi connectivity index (χ0) is 13.6. The number of rotatable bonds is 5. The highest BCUT2D eigenvalue weighted by Crippen LogP contribution is 2.31. The minimum Gasteiger partial charge on any atom is -0.491 e. The minimum absolute atomic E-state index is 0.828. The lowest BCUT2D eigenvalue weighted by Gasteiger charge is -2.26. The van der Waals surface area contributed by atoms with Gasteiger partial charge in [0.15, 0.2) is 0 Å². The van der Waals surface area contributed by atoms with Crippen LogP contribution in [0.25, 0.3) is 0 Å². The van der Waals surface area contributed by atoms with Crippen molar-refractivity contribution in [3.05, 3.63) is 23.8 Å². The van der Waals surface area contributed by atoms with E-state index in [9.17, 15) is 0 Å². The van der Waals surface area contributed by atoms with Gasteiger partial charge < -0.3 is 15.0 Å². The molecule has 0 amide bonds. The van der Waals surface area contributed by atoms with Crippen molar-refractivity contribution in [3.8, 4) is 5.75 Å². The number of nitrogens with zero attached hydrogens (tertiary/aromatic N) is 1. The number of ether oxygens (including phenoxy) is 1. The minimum atomic E-state index is 0.828. The van der Waals surface area contributed by atoms with Crippen LogP contribution in [-0.4, -0.2) is 37.7 Å². The Labute approximate surface area is 122 Å². The normalized spacial score (nSPS) is 19.2. The topological polar surface area (TPSA) is 24.5 Å². The van der Waals surface area contributed by atoms with Crippen molar-refractivity contribution in [1.82, 2.24) is 4.90 Å². The molecular weight excluding hydrogens is 248 g/mol. The average molecular weight is 274 g/mol. The first kappa shape index (κ1) is 13.7. The zero-order valence-electron chi connectivity index (χ0n) is 12.4. The van der Waals surface area contributed by atoms with Crippen LogP contribution in [-0.2, 0) is 6.42 Å². The van der Waals surface area contributed by atoms with E-state index in [-0.39, 0.29) is 0 Å². The van der Waals surface area contributed by atoms with E-state index in [1.807, 2.05) is 0 Å². The van der Waals surface area contributed by atoms with Gasteiger partial charge in [-0.25, -0.2) is 0 Å². The second kappa shape index (κ2) is 6.98. The number of likely N-dealkylation sites (tertiary alicyclic amines) is 1. The highest BCUT2D eigenvalue weighted by atomic mass is 16.5. The third kappa shape index (κ3) is 3.45. The van der Waals surface area contributed by atoms with E-state index < -0.39 is 0 Å². The number of anilines is 1. The number of nitrogens with one attached hydrogen (secondary N) is 1. The molecule has 2 aliphatic heterocycles. The molecule has 1 aromatic carbocycles. The zero-order valence-corrected chi connectivity index (χ0v) is 12.4. The summed E-state index contributed by atoms with van der Waals surface area (Å²) < 4.78 is 6.01. The number of fused-ring (bicyclic) bond motifs is 1. The standard InChI is InChI=1S/C17H26N2O/c1-2-11-19(12-3-1)13-6-14-20-16-9-4-7-15-8-5-10-18-17(15)16/h4,7,9,18H,1-3,5-6,8,10-14H2. The van der Waals surface area contributed by atoms with Crippen molar-refractivity contribution < 1.29 is 4.74 Å². The number of hydrogen-bond donors (Lipinski definition) is 1. The van der Waals surface area contributed by atoms with Crippen LogP contribution in [0.4, 0.5) is 5.69 Å². The Kier molecular flexibility index (Phi) is 4.80. The summed E-state index contributed by atoms with van der Waals surface area (Å²) in [6, 6.07) is 6.42. The summed E-state index contributed by atoms with van der Waals surface area (Å²) in [5, 5.41) is 3.49. The van der Waals surface area contributed by atoms with E-state index >= 15 is 0 Å². The van der Waals surface area contributed by atoms with Crippen LogP contribution in [0.2, 0.25) is 0 Å². The van der Waals surface area contributed by atoms with E-state index in [0.29, 0.717) is 0 Å². The molecule has 0 aromatic heterocycles. The van der Waals surface area contributed by atoms with Gasteiger partial charge in [-0.2, -0.15) is 0 Å². The molecule has 1 aromatic rings. The first-order chi connectivity index (χ1) is 9.93. The summed E-state index contributed by atoms with van der Waals surface area (Å²) >= 11 is 0. The van der Waals surface area contributed by atoms with E-state index in [0.717, 1.165) is 25.3 Å². The van der Waals surface area contributed by atoms with E-state index in [2.05, 4.69) is 28.4 Å². The van der Waals surface area contributed by atoms with Crippen molar-refractivity contribution in [2.24, 2.45) is 0 Å². The Bertz CT molecular complexity index is 427. The van der Waals surface area contributed by atoms with Gasteiger partial charge in [0.05, 0.1) is 12.3 Å². The SMILES string of the molecule is c1cc2c(c(OCCCN3CCCCC3)c1)NCCC2. The van der Waals surface area contributed by atoms with Gasteiger partial charge in [0.1, 0.15) is 5.75 Å². The number of piperidine rings is 1. The number of aryl methyl sites for hydroxylation is 1. The van der Waals surface area contributed by atoms with E-state index in [1.165, 1.54) is 63.0 Å². The number of hydrogen-bond acceptors (Lipinski definition) is 3. The first-order valence-electron chi connectivity index (χ1n) is 8.14. The summed E-state index contributed by atoms with van der Waals surface area (Å²) in [4.78, 5) is 2.57. The van der Waals surface area contributed by atoms with E-state index in [1.54, 1.807) is 0 Å². The highest BCUT2D eigenvalue weighted by molar-refractivity contribution is 5.63. The van der Waals surface area contributed by atoms with Gasteiger partial charge >= 0.3 is 0 Å². The first-order valence-corrected chi connectivity index (χ1v) is 8.14. The van der Waals surface area contributed by atoms with Crippen LogP contribution >= 0.6 is 0 Å². The Morgan fingerprint density at radius 3 is 2.90 bits per heavy atom. The van der Waals surface area contributed by atoms with Gasteiger partial charge in [-0.15, -0.1) is 0 Å². The Morgan fingerprint density at radius 2 is 2.00 bits per heavy atom. The predicted molar refractivity (Wildman–Crippen MR) is 83.7 cm³/mol. The lowest BCUT2D eigenvalue weighted by molar-refractivity contribution is 0.205. The smallest absolute Gasteiger partial charge is 0.142 e. The molecule has 1 fully saturated rings. The number of benzene rings is 1. The molecule has 2 aliphatic rings. The molecule has 3 heteroatoms. The molecule has 0 radical (unpaired) electrons. The summed E-state index contributed by atoms with van der Waals surface area (Å²) in [5.41, 5.74) is 2.64. The fourth-order valence-electron chi connectivity index (χ4n) is 3.25. The lowest BCUT2D eigenvalue weighted by Crippen LogP contribution is -2.31. The maximum atomic E-state index is 6.01. The fraction of sp³-hybridized carbons (Fsp3) is 0.647. The summed E-state index contributed by atoms with van der Waals surface area (Å²) in [7, 11) is 0. The van der Waals surface area contributed by atoms with Gasteiger partial charge in [0.2, 0.25) is 0 Å². The van der Waals surface area contributed by atoms with Crippen LogP contribution in [0.1, 0.15) is 37.7 Å². The molecule has 0 atom stereocenters. The van der Waals surface area contributed by atoms with Crippen LogP contribution in [0.5, 0.6) is 5.75 Å². The molecule has 0 saturated carbocycles. The van der Waals surface area contributed by atoms with E-state index in [4.69, 9.17) is 4.74 Å². The Morgan fingerprint density at radius 1 is 1.10 bits per heavy atom. The second-order valence-corrected chi connectivity index (χ2v) is 5.92. The highest BCUT2D eigenvalue weighted by Gasteiger charge is 2.13. The molecule has 2 heterocycles. The van der Waals surface area contributed by atoms with Crippen LogP contribution in [0.3, 0.4) is 0 Å². The summed E-state index contributed by atoms with van der Waals surface area (Å²) in [6.45, 7) is 5.64. The second-order valence-electron chi connectivity index (χ2n) is 5.92. The molecule has 3 nitrogen and oxygen atoms in total. The maximum absolute atomic E-state index is 6.01. The van der Waals surface area contributed by atoms with Gasteiger partial charge in [-0.3, -0.25) is 0 Å². The monoisotopic (exact) mass is 274 g/mol. The molecule has 1 saturated heterocycles. The molecule has 0 unspecified atom stereocenters. The van der Waals surface area contributed by atoms with Crippen LogP contribution in [0, 0.1) is 0 Å². The van der Waals surface area contributed by atoms with Crippen molar-refractivity contribution in [3.63, 3.8) is 0 Å². The molecule has 0 bridgehead atoms. The average Bonchev–Trinajstić information content (AvgIpc) is 2.53. The molecule has 1 N–H and O–H groups in total.